The van der Waals surface area contributed by atoms with Crippen LogP contribution in [0.1, 0.15) is 11.1 Å². The molecular formula is C18H16N2. The van der Waals surface area contributed by atoms with Gasteiger partial charge in [0.1, 0.15) is 0 Å². The first-order chi connectivity index (χ1) is 9.81. The predicted molar refractivity (Wildman–Crippen MR) is 85.9 cm³/mol. The van der Waals surface area contributed by atoms with Crippen LogP contribution in [0.3, 0.4) is 0 Å². The van der Waals surface area contributed by atoms with Crippen LogP contribution >= 0.6 is 0 Å². The molecule has 0 fully saturated rings. The summed E-state index contributed by atoms with van der Waals surface area (Å²) in [5.41, 5.74) is 3.41. The minimum atomic E-state index is 0.548. The summed E-state index contributed by atoms with van der Waals surface area (Å²) in [7, 11) is 1.88. The van der Waals surface area contributed by atoms with Gasteiger partial charge in [-0.2, -0.15) is 0 Å². The van der Waals surface area contributed by atoms with Crippen molar-refractivity contribution in [3.05, 3.63) is 77.9 Å². The quantitative estimate of drug-likeness (QED) is 0.677. The second kappa shape index (κ2) is 5.17. The fourth-order valence-corrected chi connectivity index (χ4v) is 2.51. The van der Waals surface area contributed by atoms with Crippen molar-refractivity contribution < 1.29 is 0 Å². The van der Waals surface area contributed by atoms with Gasteiger partial charge in [0.05, 0.1) is 5.71 Å². The molecule has 0 amide bonds. The Kier molecular flexibility index (Phi) is 3.21. The van der Waals surface area contributed by atoms with Crippen LogP contribution in [-0.2, 0) is 0 Å². The minimum Gasteiger partial charge on any atom is -0.388 e. The maximum Gasteiger partial charge on any atom is 0.0711 e. The van der Waals surface area contributed by atoms with Crippen molar-refractivity contribution in [1.82, 2.24) is 0 Å². The molecule has 2 nitrogen and oxygen atoms in total. The van der Waals surface area contributed by atoms with Crippen molar-refractivity contribution in [3.8, 4) is 0 Å². The molecule has 0 bridgehead atoms. The average Bonchev–Trinajstić information content (AvgIpc) is 2.53. The predicted octanol–water partition coefficient (Wildman–Crippen LogP) is 4.30. The second-order valence-electron chi connectivity index (χ2n) is 4.70. The summed E-state index contributed by atoms with van der Waals surface area (Å²) in [6, 6.07) is 22.2. The van der Waals surface area contributed by atoms with Crippen LogP contribution in [-0.4, -0.2) is 12.8 Å². The molecule has 3 rings (SSSR count). The minimum absolute atomic E-state index is 0.548. The Balaban J connectivity index is 2.18. The molecule has 0 saturated carbocycles. The Hall–Kier alpha value is -2.61. The zero-order chi connectivity index (χ0) is 13.9. The van der Waals surface area contributed by atoms with Gasteiger partial charge < -0.3 is 5.32 Å². The average molecular weight is 260 g/mol. The molecule has 0 heterocycles. The molecule has 0 unspecified atom stereocenters. The molecule has 0 aromatic heterocycles. The van der Waals surface area contributed by atoms with E-state index in [2.05, 4.69) is 23.5 Å². The maximum atomic E-state index is 8.56. The van der Waals surface area contributed by atoms with E-state index in [9.17, 15) is 0 Å². The number of para-hydroxylation sites is 1. The van der Waals surface area contributed by atoms with Gasteiger partial charge in [-0.05, 0) is 16.8 Å². The number of anilines is 1. The smallest absolute Gasteiger partial charge is 0.0711 e. The normalized spacial score (nSPS) is 10.4. The van der Waals surface area contributed by atoms with Crippen molar-refractivity contribution in [2.24, 2.45) is 0 Å². The Morgan fingerprint density at radius 1 is 0.800 bits per heavy atom. The van der Waals surface area contributed by atoms with Crippen LogP contribution in [0.4, 0.5) is 5.69 Å². The summed E-state index contributed by atoms with van der Waals surface area (Å²) in [6.45, 7) is 0. The van der Waals surface area contributed by atoms with Gasteiger partial charge in [0.25, 0.3) is 0 Å². The highest BCUT2D eigenvalue weighted by atomic mass is 14.8. The van der Waals surface area contributed by atoms with Gasteiger partial charge in [0.2, 0.25) is 0 Å². The standard InChI is InChI=1S/C18H16N2/c1-20-17-12-5-4-10-16(17)18(19)15-11-6-8-13-7-2-3-9-14(13)15/h2-12,19-20H,1H3. The summed E-state index contributed by atoms with van der Waals surface area (Å²) in [5, 5.41) is 14.0. The van der Waals surface area contributed by atoms with Crippen molar-refractivity contribution in [2.75, 3.05) is 12.4 Å². The molecule has 3 aromatic rings. The lowest BCUT2D eigenvalue weighted by molar-refractivity contribution is 1.44. The molecule has 0 aliphatic heterocycles. The fourth-order valence-electron chi connectivity index (χ4n) is 2.51. The van der Waals surface area contributed by atoms with Crippen LogP contribution in [0, 0.1) is 5.41 Å². The summed E-state index contributed by atoms with van der Waals surface area (Å²) in [6.07, 6.45) is 0. The van der Waals surface area contributed by atoms with E-state index in [0.29, 0.717) is 5.71 Å². The SMILES string of the molecule is CNc1ccccc1C(=N)c1cccc2ccccc12. The summed E-state index contributed by atoms with van der Waals surface area (Å²) >= 11 is 0. The van der Waals surface area contributed by atoms with Crippen LogP contribution in [0.5, 0.6) is 0 Å². The van der Waals surface area contributed by atoms with Gasteiger partial charge in [-0.15, -0.1) is 0 Å². The molecule has 0 aliphatic rings. The number of hydrogen-bond acceptors (Lipinski definition) is 2. The van der Waals surface area contributed by atoms with Crippen LogP contribution in [0.25, 0.3) is 10.8 Å². The Labute approximate surface area is 118 Å². The molecule has 20 heavy (non-hydrogen) atoms. The van der Waals surface area contributed by atoms with Gasteiger partial charge in [-0.1, -0.05) is 60.7 Å². The molecular weight excluding hydrogens is 244 g/mol. The van der Waals surface area contributed by atoms with Gasteiger partial charge >= 0.3 is 0 Å². The number of fused-ring (bicyclic) bond motifs is 1. The van der Waals surface area contributed by atoms with Crippen LogP contribution < -0.4 is 5.32 Å². The molecule has 0 aliphatic carbocycles. The first-order valence-corrected chi connectivity index (χ1v) is 6.65. The zero-order valence-corrected chi connectivity index (χ0v) is 11.4. The number of benzene rings is 3. The molecule has 0 spiro atoms. The summed E-state index contributed by atoms with van der Waals surface area (Å²) in [5.74, 6) is 0. The highest BCUT2D eigenvalue weighted by Crippen LogP contribution is 2.24. The molecule has 0 atom stereocenters. The van der Waals surface area contributed by atoms with Gasteiger partial charge in [0, 0.05) is 23.9 Å². The van der Waals surface area contributed by atoms with Crippen LogP contribution in [0.15, 0.2) is 66.7 Å². The van der Waals surface area contributed by atoms with Crippen molar-refractivity contribution >= 4 is 22.2 Å². The summed E-state index contributed by atoms with van der Waals surface area (Å²) in [4.78, 5) is 0. The second-order valence-corrected chi connectivity index (χ2v) is 4.70. The molecule has 0 saturated heterocycles. The van der Waals surface area contributed by atoms with Crippen molar-refractivity contribution in [1.29, 1.82) is 5.41 Å². The molecule has 2 N–H and O–H groups in total. The van der Waals surface area contributed by atoms with Crippen molar-refractivity contribution in [2.45, 2.75) is 0 Å². The van der Waals surface area contributed by atoms with E-state index in [1.54, 1.807) is 0 Å². The Morgan fingerprint density at radius 2 is 1.45 bits per heavy atom. The molecule has 3 aromatic carbocycles. The first-order valence-electron chi connectivity index (χ1n) is 6.65. The first kappa shape index (κ1) is 12.4. The van der Waals surface area contributed by atoms with E-state index in [-0.39, 0.29) is 0 Å². The van der Waals surface area contributed by atoms with Gasteiger partial charge in [-0.25, -0.2) is 0 Å². The number of hydrogen-bond donors (Lipinski definition) is 2. The number of nitrogens with one attached hydrogen (secondary N) is 2. The highest BCUT2D eigenvalue weighted by molar-refractivity contribution is 6.20. The highest BCUT2D eigenvalue weighted by Gasteiger charge is 2.11. The third kappa shape index (κ3) is 2.05. The Bertz CT molecular complexity index is 770. The van der Waals surface area contributed by atoms with Gasteiger partial charge in [-0.3, -0.25) is 5.41 Å². The number of rotatable bonds is 3. The monoisotopic (exact) mass is 260 g/mol. The molecule has 2 heteroatoms. The van der Waals surface area contributed by atoms with E-state index in [1.165, 1.54) is 0 Å². The van der Waals surface area contributed by atoms with E-state index >= 15 is 0 Å². The van der Waals surface area contributed by atoms with Gasteiger partial charge in [0.15, 0.2) is 0 Å². The zero-order valence-electron chi connectivity index (χ0n) is 11.4. The maximum absolute atomic E-state index is 8.56. The van der Waals surface area contributed by atoms with Crippen LogP contribution in [0.2, 0.25) is 0 Å². The third-order valence-electron chi connectivity index (χ3n) is 3.52. The topological polar surface area (TPSA) is 35.9 Å². The Morgan fingerprint density at radius 3 is 2.30 bits per heavy atom. The van der Waals surface area contributed by atoms with E-state index in [0.717, 1.165) is 27.6 Å². The third-order valence-corrected chi connectivity index (χ3v) is 3.52. The lowest BCUT2D eigenvalue weighted by Gasteiger charge is -2.12. The van der Waals surface area contributed by atoms with E-state index in [4.69, 9.17) is 5.41 Å². The largest absolute Gasteiger partial charge is 0.388 e. The fraction of sp³-hybridized carbons (Fsp3) is 0.0556. The van der Waals surface area contributed by atoms with E-state index < -0.39 is 0 Å². The lowest BCUT2D eigenvalue weighted by atomic mass is 9.96. The molecule has 98 valence electrons. The van der Waals surface area contributed by atoms with Crippen molar-refractivity contribution in [3.63, 3.8) is 0 Å². The summed E-state index contributed by atoms with van der Waals surface area (Å²) < 4.78 is 0. The van der Waals surface area contributed by atoms with E-state index in [1.807, 2.05) is 55.6 Å². The lowest BCUT2D eigenvalue weighted by Crippen LogP contribution is -2.06. The molecule has 0 radical (unpaired) electrons.